The summed E-state index contributed by atoms with van der Waals surface area (Å²) in [6.45, 7) is 4.53. The van der Waals surface area contributed by atoms with Gasteiger partial charge in [0.2, 0.25) is 5.91 Å². The number of amides is 3. The summed E-state index contributed by atoms with van der Waals surface area (Å²) >= 11 is 0. The fraction of sp³-hybridized carbons (Fsp3) is 0.263. The summed E-state index contributed by atoms with van der Waals surface area (Å²) in [5.74, 6) is 0.476. The third kappa shape index (κ3) is 6.55. The monoisotopic (exact) mass is 341 g/mol. The Morgan fingerprint density at radius 3 is 2.44 bits per heavy atom. The van der Waals surface area contributed by atoms with E-state index in [4.69, 9.17) is 4.74 Å². The number of hydrogen-bond donors (Lipinski definition) is 3. The lowest BCUT2D eigenvalue weighted by Crippen LogP contribution is -2.36. The molecule has 0 bridgehead atoms. The van der Waals surface area contributed by atoms with E-state index < -0.39 is 0 Å². The molecule has 0 unspecified atom stereocenters. The standard InChI is InChI=1S/C19H23N3O3/c1-14-8-9-18(25-13-16-6-4-3-5-7-16)17(12-14)22-19(24)21-11-10-20-15(2)23/h3-9,12H,10-11,13H2,1-2H3,(H,20,23)(H2,21,22,24). The summed E-state index contributed by atoms with van der Waals surface area (Å²) in [6.07, 6.45) is 0. The van der Waals surface area contributed by atoms with Crippen molar-refractivity contribution in [3.8, 4) is 5.75 Å². The molecule has 0 fully saturated rings. The van der Waals surface area contributed by atoms with Crippen molar-refractivity contribution in [3.05, 3.63) is 59.7 Å². The fourth-order valence-electron chi connectivity index (χ4n) is 2.18. The molecule has 2 aromatic carbocycles. The minimum absolute atomic E-state index is 0.127. The molecule has 6 heteroatoms. The summed E-state index contributed by atoms with van der Waals surface area (Å²) in [5, 5.41) is 8.09. The van der Waals surface area contributed by atoms with Gasteiger partial charge < -0.3 is 20.7 Å². The quantitative estimate of drug-likeness (QED) is 0.678. The van der Waals surface area contributed by atoms with Crippen LogP contribution in [0.2, 0.25) is 0 Å². The normalized spacial score (nSPS) is 10.0. The predicted octanol–water partition coefficient (Wildman–Crippen LogP) is 2.83. The van der Waals surface area contributed by atoms with Crippen LogP contribution in [0.1, 0.15) is 18.1 Å². The lowest BCUT2D eigenvalue weighted by atomic mass is 10.2. The molecule has 3 N–H and O–H groups in total. The van der Waals surface area contributed by atoms with E-state index >= 15 is 0 Å². The average Bonchev–Trinajstić information content (AvgIpc) is 2.59. The molecule has 0 aromatic heterocycles. The van der Waals surface area contributed by atoms with E-state index in [1.807, 2.05) is 55.5 Å². The van der Waals surface area contributed by atoms with E-state index in [1.165, 1.54) is 6.92 Å². The van der Waals surface area contributed by atoms with Crippen LogP contribution in [0.4, 0.5) is 10.5 Å². The van der Waals surface area contributed by atoms with Gasteiger partial charge in [0.05, 0.1) is 5.69 Å². The highest BCUT2D eigenvalue weighted by atomic mass is 16.5. The molecular formula is C19H23N3O3. The van der Waals surface area contributed by atoms with E-state index in [0.29, 0.717) is 31.1 Å². The SMILES string of the molecule is CC(=O)NCCNC(=O)Nc1cc(C)ccc1OCc1ccccc1. The maximum absolute atomic E-state index is 12.0. The molecule has 25 heavy (non-hydrogen) atoms. The van der Waals surface area contributed by atoms with Gasteiger partial charge in [0.1, 0.15) is 12.4 Å². The Morgan fingerprint density at radius 2 is 1.72 bits per heavy atom. The van der Waals surface area contributed by atoms with Crippen LogP contribution in [0, 0.1) is 6.92 Å². The van der Waals surface area contributed by atoms with Gasteiger partial charge >= 0.3 is 6.03 Å². The average molecular weight is 341 g/mol. The second-order valence-corrected chi connectivity index (χ2v) is 5.64. The molecule has 0 heterocycles. The first-order chi connectivity index (χ1) is 12.0. The third-order valence-corrected chi connectivity index (χ3v) is 3.40. The van der Waals surface area contributed by atoms with Crippen molar-refractivity contribution in [1.82, 2.24) is 10.6 Å². The Hall–Kier alpha value is -3.02. The van der Waals surface area contributed by atoms with Crippen molar-refractivity contribution in [2.24, 2.45) is 0 Å². The minimum atomic E-state index is -0.347. The van der Waals surface area contributed by atoms with Gasteiger partial charge in [-0.15, -0.1) is 0 Å². The first kappa shape index (κ1) is 18.3. The molecule has 2 aromatic rings. The van der Waals surface area contributed by atoms with Gasteiger partial charge in [0.25, 0.3) is 0 Å². The smallest absolute Gasteiger partial charge is 0.319 e. The molecular weight excluding hydrogens is 318 g/mol. The number of anilines is 1. The van der Waals surface area contributed by atoms with E-state index in [0.717, 1.165) is 11.1 Å². The first-order valence-electron chi connectivity index (χ1n) is 8.11. The number of carbonyl (C=O) groups is 2. The molecule has 0 aliphatic rings. The van der Waals surface area contributed by atoms with Crippen molar-refractivity contribution in [1.29, 1.82) is 0 Å². The van der Waals surface area contributed by atoms with Gasteiger partial charge in [0.15, 0.2) is 0 Å². The van der Waals surface area contributed by atoms with Gasteiger partial charge in [-0.1, -0.05) is 36.4 Å². The number of aryl methyl sites for hydroxylation is 1. The maximum atomic E-state index is 12.0. The van der Waals surface area contributed by atoms with Gasteiger partial charge in [-0.2, -0.15) is 0 Å². The topological polar surface area (TPSA) is 79.5 Å². The molecule has 0 saturated carbocycles. The van der Waals surface area contributed by atoms with Crippen molar-refractivity contribution < 1.29 is 14.3 Å². The Labute approximate surface area is 147 Å². The van der Waals surface area contributed by atoms with Crippen LogP contribution in [0.5, 0.6) is 5.75 Å². The van der Waals surface area contributed by atoms with E-state index in [9.17, 15) is 9.59 Å². The number of hydrogen-bond acceptors (Lipinski definition) is 3. The van der Waals surface area contributed by atoms with E-state index in [2.05, 4.69) is 16.0 Å². The van der Waals surface area contributed by atoms with Crippen LogP contribution in [0.25, 0.3) is 0 Å². The van der Waals surface area contributed by atoms with Gasteiger partial charge in [-0.25, -0.2) is 4.79 Å². The summed E-state index contributed by atoms with van der Waals surface area (Å²) < 4.78 is 5.84. The molecule has 6 nitrogen and oxygen atoms in total. The van der Waals surface area contributed by atoms with Crippen LogP contribution in [0.15, 0.2) is 48.5 Å². The Kier molecular flexibility index (Phi) is 6.83. The summed E-state index contributed by atoms with van der Waals surface area (Å²) in [4.78, 5) is 22.8. The van der Waals surface area contributed by atoms with Gasteiger partial charge in [-0.05, 0) is 30.2 Å². The summed E-state index contributed by atoms with van der Waals surface area (Å²) in [5.41, 5.74) is 2.67. The zero-order valence-electron chi connectivity index (χ0n) is 14.5. The van der Waals surface area contributed by atoms with Crippen LogP contribution >= 0.6 is 0 Å². The van der Waals surface area contributed by atoms with Crippen LogP contribution in [-0.4, -0.2) is 25.0 Å². The van der Waals surface area contributed by atoms with Crippen LogP contribution in [0.3, 0.4) is 0 Å². The minimum Gasteiger partial charge on any atom is -0.487 e. The Morgan fingerprint density at radius 1 is 1.00 bits per heavy atom. The zero-order valence-corrected chi connectivity index (χ0v) is 14.5. The Balaban J connectivity index is 1.93. The largest absolute Gasteiger partial charge is 0.487 e. The summed E-state index contributed by atoms with van der Waals surface area (Å²) in [7, 11) is 0. The molecule has 0 spiro atoms. The van der Waals surface area contributed by atoms with Crippen LogP contribution < -0.4 is 20.7 Å². The van der Waals surface area contributed by atoms with E-state index in [1.54, 1.807) is 0 Å². The molecule has 0 aliphatic heterocycles. The number of ether oxygens (including phenoxy) is 1. The lowest BCUT2D eigenvalue weighted by Gasteiger charge is -2.14. The molecule has 0 radical (unpaired) electrons. The zero-order chi connectivity index (χ0) is 18.1. The highest BCUT2D eigenvalue weighted by Crippen LogP contribution is 2.26. The van der Waals surface area contributed by atoms with Crippen molar-refractivity contribution in [2.75, 3.05) is 18.4 Å². The van der Waals surface area contributed by atoms with Crippen LogP contribution in [-0.2, 0) is 11.4 Å². The van der Waals surface area contributed by atoms with Crippen molar-refractivity contribution >= 4 is 17.6 Å². The van der Waals surface area contributed by atoms with Crippen molar-refractivity contribution in [2.45, 2.75) is 20.5 Å². The first-order valence-corrected chi connectivity index (χ1v) is 8.11. The second-order valence-electron chi connectivity index (χ2n) is 5.64. The number of carbonyl (C=O) groups excluding carboxylic acids is 2. The van der Waals surface area contributed by atoms with Gasteiger partial charge in [0, 0.05) is 20.0 Å². The highest BCUT2D eigenvalue weighted by Gasteiger charge is 2.08. The van der Waals surface area contributed by atoms with Crippen molar-refractivity contribution in [3.63, 3.8) is 0 Å². The third-order valence-electron chi connectivity index (χ3n) is 3.40. The Bertz CT molecular complexity index is 717. The predicted molar refractivity (Wildman–Crippen MR) is 97.7 cm³/mol. The maximum Gasteiger partial charge on any atom is 0.319 e. The molecule has 0 aliphatic carbocycles. The highest BCUT2D eigenvalue weighted by molar-refractivity contribution is 5.91. The summed E-state index contributed by atoms with van der Waals surface area (Å²) in [6, 6.07) is 15.1. The number of nitrogens with one attached hydrogen (secondary N) is 3. The molecule has 3 amide bonds. The number of benzene rings is 2. The molecule has 0 saturated heterocycles. The molecule has 0 atom stereocenters. The van der Waals surface area contributed by atoms with E-state index in [-0.39, 0.29) is 11.9 Å². The second kappa shape index (κ2) is 9.32. The molecule has 2 rings (SSSR count). The number of urea groups is 1. The lowest BCUT2D eigenvalue weighted by molar-refractivity contribution is -0.118. The van der Waals surface area contributed by atoms with Gasteiger partial charge in [-0.3, -0.25) is 4.79 Å². The molecule has 132 valence electrons. The number of rotatable bonds is 7. The fourth-order valence-corrected chi connectivity index (χ4v) is 2.18.